The molecule has 0 aliphatic rings. The van der Waals surface area contributed by atoms with Crippen molar-refractivity contribution in [2.75, 3.05) is 12.4 Å². The minimum atomic E-state index is -0.716. The summed E-state index contributed by atoms with van der Waals surface area (Å²) in [5, 5.41) is 3.20. The lowest BCUT2D eigenvalue weighted by atomic mass is 10.2. The molecule has 0 bridgehead atoms. The SMILES string of the molecule is C=C(Cl)/C=C(\C(=C)F)c1ncc(OC)c(Nc2ccncc2)n1. The average Bonchev–Trinajstić information content (AvgIpc) is 2.53. The lowest BCUT2D eigenvalue weighted by Gasteiger charge is -2.12. The van der Waals surface area contributed by atoms with E-state index in [9.17, 15) is 4.39 Å². The lowest BCUT2D eigenvalue weighted by Crippen LogP contribution is -2.03. The van der Waals surface area contributed by atoms with Crippen LogP contribution in [0.15, 0.2) is 60.8 Å². The fourth-order valence-corrected chi connectivity index (χ4v) is 1.84. The monoisotopic (exact) mass is 332 g/mol. The summed E-state index contributed by atoms with van der Waals surface area (Å²) in [6.45, 7) is 6.77. The molecule has 0 saturated carbocycles. The van der Waals surface area contributed by atoms with E-state index in [1.54, 1.807) is 24.5 Å². The van der Waals surface area contributed by atoms with E-state index < -0.39 is 5.83 Å². The van der Waals surface area contributed by atoms with Crippen LogP contribution in [0.4, 0.5) is 15.9 Å². The number of nitrogens with zero attached hydrogens (tertiary/aromatic N) is 3. The minimum absolute atomic E-state index is 0.0467. The number of allylic oxidation sites excluding steroid dienone is 4. The maximum atomic E-state index is 13.7. The summed E-state index contributed by atoms with van der Waals surface area (Å²) in [7, 11) is 1.49. The molecule has 2 aromatic rings. The highest BCUT2D eigenvalue weighted by molar-refractivity contribution is 6.31. The molecular formula is C16H14ClFN4O. The molecule has 2 rings (SSSR count). The lowest BCUT2D eigenvalue weighted by molar-refractivity contribution is 0.413. The fourth-order valence-electron chi connectivity index (χ4n) is 1.73. The summed E-state index contributed by atoms with van der Waals surface area (Å²) in [5.41, 5.74) is 0.791. The van der Waals surface area contributed by atoms with E-state index >= 15 is 0 Å². The van der Waals surface area contributed by atoms with Crippen LogP contribution in [0.5, 0.6) is 5.75 Å². The van der Waals surface area contributed by atoms with Crippen LogP contribution in [-0.4, -0.2) is 22.1 Å². The van der Waals surface area contributed by atoms with Gasteiger partial charge in [-0.15, -0.1) is 0 Å². The number of halogens is 2. The zero-order chi connectivity index (χ0) is 16.8. The van der Waals surface area contributed by atoms with Gasteiger partial charge in [0.25, 0.3) is 0 Å². The fraction of sp³-hybridized carbons (Fsp3) is 0.0625. The van der Waals surface area contributed by atoms with Gasteiger partial charge in [0.15, 0.2) is 17.4 Å². The third-order valence-corrected chi connectivity index (χ3v) is 2.86. The molecule has 2 heterocycles. The number of hydrogen-bond donors (Lipinski definition) is 1. The number of ether oxygens (including phenoxy) is 1. The third-order valence-electron chi connectivity index (χ3n) is 2.75. The van der Waals surface area contributed by atoms with Crippen LogP contribution in [0.3, 0.4) is 0 Å². The van der Waals surface area contributed by atoms with Crippen molar-refractivity contribution in [3.8, 4) is 5.75 Å². The van der Waals surface area contributed by atoms with Crippen LogP contribution in [0.1, 0.15) is 5.82 Å². The van der Waals surface area contributed by atoms with Crippen LogP contribution in [0.25, 0.3) is 5.57 Å². The summed E-state index contributed by atoms with van der Waals surface area (Å²) < 4.78 is 18.9. The van der Waals surface area contributed by atoms with E-state index in [0.29, 0.717) is 11.6 Å². The Morgan fingerprint density at radius 1 is 1.35 bits per heavy atom. The number of methoxy groups -OCH3 is 1. The maximum Gasteiger partial charge on any atom is 0.179 e. The first-order valence-corrected chi connectivity index (χ1v) is 6.88. The van der Waals surface area contributed by atoms with Crippen molar-refractivity contribution in [3.05, 3.63) is 66.6 Å². The first kappa shape index (κ1) is 16.6. The molecule has 0 fully saturated rings. The Kier molecular flexibility index (Phi) is 5.43. The molecule has 7 heteroatoms. The van der Waals surface area contributed by atoms with Crippen LogP contribution in [0.2, 0.25) is 0 Å². The van der Waals surface area contributed by atoms with Crippen LogP contribution < -0.4 is 10.1 Å². The Hall–Kier alpha value is -2.73. The number of aromatic nitrogens is 3. The molecule has 0 amide bonds. The van der Waals surface area contributed by atoms with Gasteiger partial charge in [-0.05, 0) is 18.2 Å². The standard InChI is InChI=1S/C16H14ClFN4O/c1-10(17)8-13(11(2)18)15-20-9-14(23-3)16(22-15)21-12-4-6-19-7-5-12/h4-9H,1-2H2,3H3,(H,19,20,21,22)/b13-8+. The van der Waals surface area contributed by atoms with Crippen molar-refractivity contribution in [1.29, 1.82) is 0 Å². The molecule has 2 aromatic heterocycles. The highest BCUT2D eigenvalue weighted by Crippen LogP contribution is 2.29. The summed E-state index contributed by atoms with van der Waals surface area (Å²) in [6.07, 6.45) is 5.99. The van der Waals surface area contributed by atoms with Crippen LogP contribution >= 0.6 is 11.6 Å². The number of hydrogen-bond acceptors (Lipinski definition) is 5. The van der Waals surface area contributed by atoms with Gasteiger partial charge in [0.05, 0.1) is 18.9 Å². The van der Waals surface area contributed by atoms with Crippen molar-refractivity contribution >= 4 is 28.7 Å². The Morgan fingerprint density at radius 3 is 2.61 bits per heavy atom. The van der Waals surface area contributed by atoms with Gasteiger partial charge in [-0.2, -0.15) is 0 Å². The molecule has 0 saturated heterocycles. The third kappa shape index (κ3) is 4.37. The Balaban J connectivity index is 2.46. The highest BCUT2D eigenvalue weighted by Gasteiger charge is 2.14. The number of rotatable bonds is 6. The smallest absolute Gasteiger partial charge is 0.179 e. The van der Waals surface area contributed by atoms with Crippen molar-refractivity contribution in [1.82, 2.24) is 15.0 Å². The summed E-state index contributed by atoms with van der Waals surface area (Å²) >= 11 is 5.71. The first-order valence-electron chi connectivity index (χ1n) is 6.50. The summed E-state index contributed by atoms with van der Waals surface area (Å²) in [5.74, 6) is 0.165. The average molecular weight is 333 g/mol. The van der Waals surface area contributed by atoms with E-state index in [-0.39, 0.29) is 16.4 Å². The Morgan fingerprint density at radius 2 is 2.04 bits per heavy atom. The molecule has 0 radical (unpaired) electrons. The largest absolute Gasteiger partial charge is 0.491 e. The molecule has 0 aliphatic carbocycles. The number of nitrogens with one attached hydrogen (secondary N) is 1. The zero-order valence-corrected chi connectivity index (χ0v) is 13.1. The second-order valence-electron chi connectivity index (χ2n) is 4.38. The maximum absolute atomic E-state index is 13.7. The minimum Gasteiger partial charge on any atom is -0.491 e. The summed E-state index contributed by atoms with van der Waals surface area (Å²) in [6, 6.07) is 3.51. The van der Waals surface area contributed by atoms with E-state index in [1.807, 2.05) is 0 Å². The molecule has 0 spiro atoms. The molecule has 1 N–H and O–H groups in total. The molecule has 118 valence electrons. The van der Waals surface area contributed by atoms with Gasteiger partial charge < -0.3 is 10.1 Å². The molecule has 5 nitrogen and oxygen atoms in total. The van der Waals surface area contributed by atoms with Crippen LogP contribution in [0, 0.1) is 0 Å². The number of anilines is 2. The molecule has 0 aliphatic heterocycles. The van der Waals surface area contributed by atoms with Crippen molar-refractivity contribution in [3.63, 3.8) is 0 Å². The van der Waals surface area contributed by atoms with Crippen LogP contribution in [-0.2, 0) is 0 Å². The van der Waals surface area contributed by atoms with Gasteiger partial charge >= 0.3 is 0 Å². The topological polar surface area (TPSA) is 59.9 Å². The van der Waals surface area contributed by atoms with Gasteiger partial charge in [0.1, 0.15) is 5.83 Å². The Labute approximate surface area is 138 Å². The predicted octanol–water partition coefficient (Wildman–Crippen LogP) is 4.24. The summed E-state index contributed by atoms with van der Waals surface area (Å²) in [4.78, 5) is 12.3. The van der Waals surface area contributed by atoms with Crippen molar-refractivity contribution < 1.29 is 9.13 Å². The normalized spacial score (nSPS) is 11.0. The quantitative estimate of drug-likeness (QED) is 0.802. The van der Waals surface area contributed by atoms with E-state index in [1.165, 1.54) is 19.4 Å². The van der Waals surface area contributed by atoms with E-state index in [0.717, 1.165) is 5.69 Å². The second kappa shape index (κ2) is 7.51. The van der Waals surface area contributed by atoms with Gasteiger partial charge in [0.2, 0.25) is 0 Å². The second-order valence-corrected chi connectivity index (χ2v) is 4.87. The van der Waals surface area contributed by atoms with E-state index in [2.05, 4.69) is 33.4 Å². The molecule has 0 atom stereocenters. The van der Waals surface area contributed by atoms with E-state index in [4.69, 9.17) is 16.3 Å². The number of pyridine rings is 1. The Bertz CT molecular complexity index is 762. The van der Waals surface area contributed by atoms with Gasteiger partial charge in [-0.1, -0.05) is 24.8 Å². The molecule has 0 unspecified atom stereocenters. The highest BCUT2D eigenvalue weighted by atomic mass is 35.5. The van der Waals surface area contributed by atoms with Crippen molar-refractivity contribution in [2.24, 2.45) is 0 Å². The molecule has 0 aromatic carbocycles. The molecule has 23 heavy (non-hydrogen) atoms. The van der Waals surface area contributed by atoms with Crippen molar-refractivity contribution in [2.45, 2.75) is 0 Å². The van der Waals surface area contributed by atoms with Gasteiger partial charge in [-0.25, -0.2) is 14.4 Å². The van der Waals surface area contributed by atoms with Gasteiger partial charge in [0, 0.05) is 23.1 Å². The van der Waals surface area contributed by atoms with Gasteiger partial charge in [-0.3, -0.25) is 4.98 Å². The zero-order valence-electron chi connectivity index (χ0n) is 12.4. The predicted molar refractivity (Wildman–Crippen MR) is 89.3 cm³/mol. The molecular weight excluding hydrogens is 319 g/mol. The first-order chi connectivity index (χ1) is 11.0.